The van der Waals surface area contributed by atoms with E-state index in [9.17, 15) is 13.2 Å². The predicted octanol–water partition coefficient (Wildman–Crippen LogP) is 4.68. The molecule has 9 heteroatoms. The fraction of sp³-hybridized carbons (Fsp3) is 0.0556. The molecule has 1 N–H and O–H groups in total. The zero-order chi connectivity index (χ0) is 19.6. The smallest absolute Gasteiger partial charge is 0.291 e. The summed E-state index contributed by atoms with van der Waals surface area (Å²) in [7, 11) is -2.42. The molecule has 0 unspecified atom stereocenters. The van der Waals surface area contributed by atoms with Crippen LogP contribution in [0, 0.1) is 0 Å². The van der Waals surface area contributed by atoms with Gasteiger partial charge in [0.05, 0.1) is 17.0 Å². The second-order valence-corrected chi connectivity index (χ2v) is 8.10. The van der Waals surface area contributed by atoms with E-state index in [1.807, 2.05) is 0 Å². The fourth-order valence-corrected chi connectivity index (χ4v) is 3.81. The minimum Gasteiger partial charge on any atom is -0.495 e. The SMILES string of the molecule is COc1ccc(NC(=O)c2ccc(S(=O)(=O)c3ccc(Cl)cc3)o2)cc1Cl. The van der Waals surface area contributed by atoms with Crippen molar-refractivity contribution in [1.29, 1.82) is 0 Å². The zero-order valence-electron chi connectivity index (χ0n) is 13.9. The van der Waals surface area contributed by atoms with Gasteiger partial charge in [-0.25, -0.2) is 8.42 Å². The summed E-state index contributed by atoms with van der Waals surface area (Å²) in [4.78, 5) is 12.3. The van der Waals surface area contributed by atoms with E-state index in [-0.39, 0.29) is 15.7 Å². The van der Waals surface area contributed by atoms with E-state index in [1.165, 1.54) is 49.6 Å². The number of benzene rings is 2. The Morgan fingerprint density at radius 1 is 1.04 bits per heavy atom. The average Bonchev–Trinajstić information content (AvgIpc) is 3.13. The zero-order valence-corrected chi connectivity index (χ0v) is 16.2. The number of carbonyl (C=O) groups is 1. The van der Waals surface area contributed by atoms with E-state index in [0.717, 1.165) is 0 Å². The minimum absolute atomic E-state index is 0.00939. The van der Waals surface area contributed by atoms with Crippen molar-refractivity contribution in [1.82, 2.24) is 0 Å². The van der Waals surface area contributed by atoms with Crippen molar-refractivity contribution in [3.05, 3.63) is 70.4 Å². The number of hydrogen-bond acceptors (Lipinski definition) is 5. The Balaban J connectivity index is 1.81. The van der Waals surface area contributed by atoms with Gasteiger partial charge in [-0.3, -0.25) is 4.79 Å². The van der Waals surface area contributed by atoms with Gasteiger partial charge in [0, 0.05) is 10.7 Å². The second kappa shape index (κ2) is 7.64. The van der Waals surface area contributed by atoms with E-state index in [1.54, 1.807) is 12.1 Å². The van der Waals surface area contributed by atoms with E-state index in [0.29, 0.717) is 21.5 Å². The lowest BCUT2D eigenvalue weighted by Crippen LogP contribution is -2.11. The monoisotopic (exact) mass is 425 g/mol. The van der Waals surface area contributed by atoms with Gasteiger partial charge in [0.2, 0.25) is 14.9 Å². The summed E-state index contributed by atoms with van der Waals surface area (Å²) in [6.07, 6.45) is 0. The van der Waals surface area contributed by atoms with Crippen molar-refractivity contribution in [2.45, 2.75) is 9.99 Å². The van der Waals surface area contributed by atoms with Crippen LogP contribution in [0.1, 0.15) is 10.6 Å². The first-order valence-electron chi connectivity index (χ1n) is 7.56. The van der Waals surface area contributed by atoms with E-state index in [2.05, 4.69) is 5.32 Å². The van der Waals surface area contributed by atoms with Gasteiger partial charge in [0.1, 0.15) is 5.75 Å². The number of rotatable bonds is 5. The third-order valence-corrected chi connectivity index (χ3v) is 5.79. The largest absolute Gasteiger partial charge is 0.495 e. The summed E-state index contributed by atoms with van der Waals surface area (Å²) in [5.74, 6) is -0.313. The highest BCUT2D eigenvalue weighted by Gasteiger charge is 2.23. The highest BCUT2D eigenvalue weighted by Crippen LogP contribution is 2.28. The molecule has 0 radical (unpaired) electrons. The number of amides is 1. The van der Waals surface area contributed by atoms with Crippen LogP contribution in [0.25, 0.3) is 0 Å². The molecule has 0 saturated carbocycles. The van der Waals surface area contributed by atoms with Gasteiger partial charge in [-0.2, -0.15) is 0 Å². The summed E-state index contributed by atoms with van der Waals surface area (Å²) in [5, 5.41) is 2.96. The van der Waals surface area contributed by atoms with Crippen LogP contribution in [-0.2, 0) is 9.84 Å². The predicted molar refractivity (Wildman–Crippen MR) is 102 cm³/mol. The lowest BCUT2D eigenvalue weighted by atomic mass is 10.3. The highest BCUT2D eigenvalue weighted by molar-refractivity contribution is 7.91. The molecular formula is C18H13Cl2NO5S. The number of ether oxygens (including phenoxy) is 1. The number of methoxy groups -OCH3 is 1. The number of nitrogens with one attached hydrogen (secondary N) is 1. The molecule has 0 aliphatic rings. The Hall–Kier alpha value is -2.48. The van der Waals surface area contributed by atoms with Crippen LogP contribution in [0.2, 0.25) is 10.0 Å². The van der Waals surface area contributed by atoms with Gasteiger partial charge in [-0.1, -0.05) is 23.2 Å². The molecule has 1 heterocycles. The minimum atomic E-state index is -3.90. The van der Waals surface area contributed by atoms with Crippen molar-refractivity contribution in [3.63, 3.8) is 0 Å². The number of carbonyl (C=O) groups excluding carboxylic acids is 1. The second-order valence-electron chi connectivity index (χ2n) is 5.38. The third kappa shape index (κ3) is 4.10. The van der Waals surface area contributed by atoms with Crippen molar-refractivity contribution < 1.29 is 22.4 Å². The van der Waals surface area contributed by atoms with Crippen molar-refractivity contribution in [2.24, 2.45) is 0 Å². The molecule has 2 aromatic carbocycles. The summed E-state index contributed by atoms with van der Waals surface area (Å²) in [6, 6.07) is 12.8. The number of anilines is 1. The van der Waals surface area contributed by atoms with E-state index < -0.39 is 15.7 Å². The summed E-state index contributed by atoms with van der Waals surface area (Å²) < 4.78 is 35.4. The Morgan fingerprint density at radius 2 is 1.74 bits per heavy atom. The number of furan rings is 1. The van der Waals surface area contributed by atoms with Gasteiger partial charge in [0.15, 0.2) is 5.76 Å². The molecule has 0 fully saturated rings. The normalized spacial score (nSPS) is 11.2. The molecule has 0 bridgehead atoms. The molecule has 0 aliphatic heterocycles. The van der Waals surface area contributed by atoms with Crippen LogP contribution in [0.3, 0.4) is 0 Å². The molecule has 1 amide bonds. The van der Waals surface area contributed by atoms with Crippen LogP contribution in [0.4, 0.5) is 5.69 Å². The van der Waals surface area contributed by atoms with Crippen LogP contribution in [0.15, 0.2) is 69.0 Å². The number of halogens is 2. The van der Waals surface area contributed by atoms with Gasteiger partial charge in [-0.15, -0.1) is 0 Å². The van der Waals surface area contributed by atoms with Crippen LogP contribution in [-0.4, -0.2) is 21.4 Å². The van der Waals surface area contributed by atoms with Crippen molar-refractivity contribution in [2.75, 3.05) is 12.4 Å². The first-order valence-corrected chi connectivity index (χ1v) is 9.80. The fourth-order valence-electron chi connectivity index (χ4n) is 2.25. The maximum atomic E-state index is 12.6. The molecule has 6 nitrogen and oxygen atoms in total. The summed E-state index contributed by atoms with van der Waals surface area (Å²) >= 11 is 11.8. The van der Waals surface area contributed by atoms with Gasteiger partial charge >= 0.3 is 0 Å². The Kier molecular flexibility index (Phi) is 5.46. The molecule has 1 aromatic heterocycles. The first-order chi connectivity index (χ1) is 12.8. The maximum absolute atomic E-state index is 12.6. The van der Waals surface area contributed by atoms with Gasteiger partial charge < -0.3 is 14.5 Å². The van der Waals surface area contributed by atoms with Crippen molar-refractivity contribution in [3.8, 4) is 5.75 Å². The summed E-state index contributed by atoms with van der Waals surface area (Å²) in [5.41, 5.74) is 0.407. The standard InChI is InChI=1S/C18H13Cl2NO5S/c1-25-15-7-4-12(10-14(15)20)21-18(22)16-8-9-17(26-16)27(23,24)13-5-2-11(19)3-6-13/h2-10H,1H3,(H,21,22). The molecule has 0 saturated heterocycles. The van der Waals surface area contributed by atoms with E-state index in [4.69, 9.17) is 32.4 Å². The Bertz CT molecular complexity index is 1090. The number of sulfone groups is 1. The van der Waals surface area contributed by atoms with Crippen LogP contribution in [0.5, 0.6) is 5.75 Å². The molecule has 140 valence electrons. The average molecular weight is 426 g/mol. The highest BCUT2D eigenvalue weighted by atomic mass is 35.5. The maximum Gasteiger partial charge on any atom is 0.291 e. The lowest BCUT2D eigenvalue weighted by Gasteiger charge is -2.07. The quantitative estimate of drug-likeness (QED) is 0.640. The van der Waals surface area contributed by atoms with Crippen LogP contribution < -0.4 is 10.1 Å². The van der Waals surface area contributed by atoms with Crippen molar-refractivity contribution >= 4 is 44.6 Å². The molecule has 0 spiro atoms. The Labute approximate surface area is 165 Å². The molecule has 0 aliphatic carbocycles. The first kappa shape index (κ1) is 19.3. The molecule has 3 aromatic rings. The van der Waals surface area contributed by atoms with Gasteiger partial charge in [0.25, 0.3) is 5.91 Å². The summed E-state index contributed by atoms with van der Waals surface area (Å²) in [6.45, 7) is 0. The van der Waals surface area contributed by atoms with Crippen LogP contribution >= 0.6 is 23.2 Å². The molecular weight excluding hydrogens is 413 g/mol. The molecule has 3 rings (SSSR count). The third-order valence-electron chi connectivity index (χ3n) is 3.60. The van der Waals surface area contributed by atoms with Gasteiger partial charge in [-0.05, 0) is 54.6 Å². The Morgan fingerprint density at radius 3 is 2.37 bits per heavy atom. The topological polar surface area (TPSA) is 85.6 Å². The lowest BCUT2D eigenvalue weighted by molar-refractivity contribution is 0.0991. The molecule has 0 atom stereocenters. The number of hydrogen-bond donors (Lipinski definition) is 1. The molecule has 27 heavy (non-hydrogen) atoms. The van der Waals surface area contributed by atoms with E-state index >= 15 is 0 Å².